The van der Waals surface area contributed by atoms with Crippen molar-refractivity contribution in [1.82, 2.24) is 4.90 Å². The van der Waals surface area contributed by atoms with Gasteiger partial charge in [-0.3, -0.25) is 19.7 Å². The molecule has 2 aromatic rings. The summed E-state index contributed by atoms with van der Waals surface area (Å²) in [6.45, 7) is 5.03. The molecule has 0 saturated carbocycles. The lowest BCUT2D eigenvalue weighted by Gasteiger charge is -2.18. The quantitative estimate of drug-likeness (QED) is 0.594. The molecule has 0 radical (unpaired) electrons. The highest BCUT2D eigenvalue weighted by molar-refractivity contribution is 6.06. The van der Waals surface area contributed by atoms with Gasteiger partial charge in [-0.2, -0.15) is 0 Å². The summed E-state index contributed by atoms with van der Waals surface area (Å²) >= 11 is 0. The van der Waals surface area contributed by atoms with E-state index in [4.69, 9.17) is 4.74 Å². The number of carbonyl (C=O) groups excluding carboxylic acids is 2. The lowest BCUT2D eigenvalue weighted by atomic mass is 10.1. The average Bonchev–Trinajstić information content (AvgIpc) is 2.68. The van der Waals surface area contributed by atoms with Crippen LogP contribution in [0.25, 0.3) is 0 Å². The molecule has 0 atom stereocenters. The minimum Gasteiger partial charge on any atom is -0.496 e. The summed E-state index contributed by atoms with van der Waals surface area (Å²) in [6, 6.07) is 10.3. The van der Waals surface area contributed by atoms with Gasteiger partial charge in [0.1, 0.15) is 5.75 Å². The van der Waals surface area contributed by atoms with E-state index in [0.29, 0.717) is 24.3 Å². The Morgan fingerprint density at radius 1 is 1.11 bits per heavy atom. The van der Waals surface area contributed by atoms with Crippen LogP contribution in [0.4, 0.5) is 11.4 Å². The molecule has 2 rings (SSSR count). The van der Waals surface area contributed by atoms with Crippen molar-refractivity contribution in [3.05, 3.63) is 63.7 Å². The smallest absolute Gasteiger partial charge is 0.270 e. The van der Waals surface area contributed by atoms with Crippen LogP contribution in [0, 0.1) is 10.1 Å². The molecule has 0 aliphatic heterocycles. The molecule has 0 heterocycles. The van der Waals surface area contributed by atoms with E-state index < -0.39 is 10.8 Å². The highest BCUT2D eigenvalue weighted by Gasteiger charge is 2.18. The van der Waals surface area contributed by atoms with Crippen molar-refractivity contribution in [3.63, 3.8) is 0 Å². The maximum Gasteiger partial charge on any atom is 0.270 e. The Hall–Kier alpha value is -3.42. The van der Waals surface area contributed by atoms with E-state index in [1.165, 1.54) is 19.2 Å². The van der Waals surface area contributed by atoms with Crippen molar-refractivity contribution < 1.29 is 19.2 Å². The molecule has 0 aromatic heterocycles. The van der Waals surface area contributed by atoms with Gasteiger partial charge < -0.3 is 15.0 Å². The number of nitrogens with one attached hydrogen (secondary N) is 1. The normalized spacial score (nSPS) is 10.2. The number of non-ortho nitro benzene ring substituents is 1. The van der Waals surface area contributed by atoms with Crippen LogP contribution in [0.1, 0.15) is 34.6 Å². The average molecular weight is 371 g/mol. The SMILES string of the molecule is CCN(CC)C(=O)c1ccc(NC(=O)c2cc([N+](=O)[O-])ccc2OC)cc1. The maximum atomic E-state index is 12.5. The van der Waals surface area contributed by atoms with Crippen LogP contribution in [-0.4, -0.2) is 41.8 Å². The van der Waals surface area contributed by atoms with Gasteiger partial charge >= 0.3 is 0 Å². The molecule has 0 aliphatic carbocycles. The van der Waals surface area contributed by atoms with E-state index in [2.05, 4.69) is 5.32 Å². The summed E-state index contributed by atoms with van der Waals surface area (Å²) in [5.41, 5.74) is 0.824. The summed E-state index contributed by atoms with van der Waals surface area (Å²) < 4.78 is 5.11. The van der Waals surface area contributed by atoms with Crippen molar-refractivity contribution in [2.45, 2.75) is 13.8 Å². The summed E-state index contributed by atoms with van der Waals surface area (Å²) in [7, 11) is 1.38. The zero-order valence-electron chi connectivity index (χ0n) is 15.4. The predicted octanol–water partition coefficient (Wildman–Crippen LogP) is 3.34. The first-order chi connectivity index (χ1) is 12.9. The Morgan fingerprint density at radius 3 is 2.26 bits per heavy atom. The lowest BCUT2D eigenvalue weighted by Crippen LogP contribution is -2.30. The third-order valence-electron chi connectivity index (χ3n) is 4.08. The Bertz CT molecular complexity index is 845. The molecular formula is C19H21N3O5. The van der Waals surface area contributed by atoms with Gasteiger partial charge in [-0.1, -0.05) is 0 Å². The van der Waals surface area contributed by atoms with Crippen molar-refractivity contribution in [2.24, 2.45) is 0 Å². The van der Waals surface area contributed by atoms with Crippen LogP contribution < -0.4 is 10.1 Å². The predicted molar refractivity (Wildman–Crippen MR) is 101 cm³/mol. The van der Waals surface area contributed by atoms with E-state index in [-0.39, 0.29) is 22.9 Å². The standard InChI is InChI=1S/C19H21N3O5/c1-4-21(5-2)19(24)13-6-8-14(9-7-13)20-18(23)16-12-15(22(25)26)10-11-17(16)27-3/h6-12H,4-5H2,1-3H3,(H,20,23). The van der Waals surface area contributed by atoms with Gasteiger partial charge in [0.15, 0.2) is 0 Å². The highest BCUT2D eigenvalue weighted by Crippen LogP contribution is 2.25. The topological polar surface area (TPSA) is 102 Å². The van der Waals surface area contributed by atoms with Crippen molar-refractivity contribution in [3.8, 4) is 5.75 Å². The second-order valence-corrected chi connectivity index (χ2v) is 5.65. The zero-order chi connectivity index (χ0) is 20.0. The number of nitro benzene ring substituents is 1. The van der Waals surface area contributed by atoms with Crippen LogP contribution in [0.2, 0.25) is 0 Å². The molecular weight excluding hydrogens is 350 g/mol. The van der Waals surface area contributed by atoms with E-state index in [9.17, 15) is 19.7 Å². The summed E-state index contributed by atoms with van der Waals surface area (Å²) in [5, 5.41) is 13.6. The first kappa shape index (κ1) is 19.9. The van der Waals surface area contributed by atoms with Gasteiger partial charge in [-0.05, 0) is 44.2 Å². The van der Waals surface area contributed by atoms with Crippen LogP contribution in [-0.2, 0) is 0 Å². The van der Waals surface area contributed by atoms with E-state index >= 15 is 0 Å². The second kappa shape index (κ2) is 8.79. The lowest BCUT2D eigenvalue weighted by molar-refractivity contribution is -0.384. The van der Waals surface area contributed by atoms with Gasteiger partial charge in [-0.15, -0.1) is 0 Å². The molecule has 0 aliphatic rings. The minimum absolute atomic E-state index is 0.0509. The number of methoxy groups -OCH3 is 1. The molecule has 0 fully saturated rings. The highest BCUT2D eigenvalue weighted by atomic mass is 16.6. The Balaban J connectivity index is 2.20. The largest absolute Gasteiger partial charge is 0.496 e. The fourth-order valence-corrected chi connectivity index (χ4v) is 2.57. The number of hydrogen-bond acceptors (Lipinski definition) is 5. The number of carbonyl (C=O) groups is 2. The molecule has 142 valence electrons. The van der Waals surface area contributed by atoms with Crippen LogP contribution in [0.15, 0.2) is 42.5 Å². The van der Waals surface area contributed by atoms with Gasteiger partial charge in [0.2, 0.25) is 0 Å². The van der Waals surface area contributed by atoms with Gasteiger partial charge in [0.25, 0.3) is 17.5 Å². The minimum atomic E-state index is -0.580. The second-order valence-electron chi connectivity index (χ2n) is 5.65. The van der Waals surface area contributed by atoms with Crippen LogP contribution >= 0.6 is 0 Å². The number of rotatable bonds is 7. The van der Waals surface area contributed by atoms with Gasteiger partial charge in [0, 0.05) is 36.5 Å². The molecule has 0 saturated heterocycles. The number of ether oxygens (including phenoxy) is 1. The monoisotopic (exact) mass is 371 g/mol. The number of hydrogen-bond donors (Lipinski definition) is 1. The summed E-state index contributed by atoms with van der Waals surface area (Å²) in [4.78, 5) is 36.9. The molecule has 0 spiro atoms. The summed E-state index contributed by atoms with van der Waals surface area (Å²) in [5.74, 6) is -0.400. The molecule has 8 nitrogen and oxygen atoms in total. The Morgan fingerprint density at radius 2 is 1.74 bits per heavy atom. The van der Waals surface area contributed by atoms with E-state index in [1.54, 1.807) is 29.2 Å². The van der Waals surface area contributed by atoms with Crippen molar-refractivity contribution in [1.29, 1.82) is 0 Å². The number of anilines is 1. The fourth-order valence-electron chi connectivity index (χ4n) is 2.57. The fraction of sp³-hybridized carbons (Fsp3) is 0.263. The molecule has 2 amide bonds. The Kier molecular flexibility index (Phi) is 6.48. The van der Waals surface area contributed by atoms with Crippen molar-refractivity contribution in [2.75, 3.05) is 25.5 Å². The van der Waals surface area contributed by atoms with Gasteiger partial charge in [0.05, 0.1) is 17.6 Å². The molecule has 1 N–H and O–H groups in total. The number of amides is 2. The molecule has 27 heavy (non-hydrogen) atoms. The maximum absolute atomic E-state index is 12.5. The third-order valence-corrected chi connectivity index (χ3v) is 4.08. The Labute approximate surface area is 156 Å². The molecule has 0 bridgehead atoms. The van der Waals surface area contributed by atoms with E-state index in [1.807, 2.05) is 13.8 Å². The van der Waals surface area contributed by atoms with E-state index in [0.717, 1.165) is 6.07 Å². The number of nitrogens with zero attached hydrogens (tertiary/aromatic N) is 2. The third kappa shape index (κ3) is 4.60. The summed E-state index contributed by atoms with van der Waals surface area (Å²) in [6.07, 6.45) is 0. The zero-order valence-corrected chi connectivity index (χ0v) is 15.4. The van der Waals surface area contributed by atoms with Gasteiger partial charge in [-0.25, -0.2) is 0 Å². The number of benzene rings is 2. The molecule has 2 aromatic carbocycles. The first-order valence-electron chi connectivity index (χ1n) is 8.44. The van der Waals surface area contributed by atoms with Crippen molar-refractivity contribution >= 4 is 23.2 Å². The van der Waals surface area contributed by atoms with Crippen LogP contribution in [0.3, 0.4) is 0 Å². The molecule has 8 heteroatoms. The van der Waals surface area contributed by atoms with Crippen LogP contribution in [0.5, 0.6) is 5.75 Å². The number of nitro groups is 1. The first-order valence-corrected chi connectivity index (χ1v) is 8.44. The molecule has 0 unspecified atom stereocenters.